The van der Waals surface area contributed by atoms with Gasteiger partial charge in [-0.15, -0.1) is 0 Å². The van der Waals surface area contributed by atoms with Crippen LogP contribution >= 0.6 is 0 Å². The third kappa shape index (κ3) is 1.61. The van der Waals surface area contributed by atoms with Crippen LogP contribution in [0.4, 0.5) is 0 Å². The molecule has 1 aliphatic heterocycles. The molecule has 1 aliphatic carbocycles. The highest BCUT2D eigenvalue weighted by Gasteiger charge is 2.44. The van der Waals surface area contributed by atoms with E-state index in [2.05, 4.69) is 63.3 Å². The van der Waals surface area contributed by atoms with Gasteiger partial charge < -0.3 is 0 Å². The predicted octanol–water partition coefficient (Wildman–Crippen LogP) is 4.71. The Morgan fingerprint density at radius 3 is 2.33 bits per heavy atom. The van der Waals surface area contributed by atoms with Crippen LogP contribution in [-0.4, -0.2) is 8.07 Å². The lowest BCUT2D eigenvalue weighted by atomic mass is 9.96. The molecule has 2 aliphatic rings. The molecule has 0 aromatic heterocycles. The van der Waals surface area contributed by atoms with Gasteiger partial charge in [0.05, 0.1) is 0 Å². The molecule has 0 saturated carbocycles. The molecular formula is C20H22Si. The number of benzene rings is 2. The van der Waals surface area contributed by atoms with Crippen LogP contribution in [-0.2, 0) is 12.8 Å². The van der Waals surface area contributed by atoms with Gasteiger partial charge in [0.25, 0.3) is 0 Å². The van der Waals surface area contributed by atoms with Crippen LogP contribution in [0.25, 0.3) is 16.3 Å². The lowest BCUT2D eigenvalue weighted by Gasteiger charge is -2.20. The summed E-state index contributed by atoms with van der Waals surface area (Å²) in [4.78, 5) is 0. The van der Waals surface area contributed by atoms with Crippen molar-refractivity contribution in [3.63, 3.8) is 0 Å². The number of fused-ring (bicyclic) bond motifs is 1. The lowest BCUT2D eigenvalue weighted by molar-refractivity contribution is 1.14. The van der Waals surface area contributed by atoms with Crippen molar-refractivity contribution in [2.45, 2.75) is 39.8 Å². The second kappa shape index (κ2) is 4.20. The molecule has 0 unspecified atom stereocenters. The van der Waals surface area contributed by atoms with E-state index >= 15 is 0 Å². The second-order valence-electron chi connectivity index (χ2n) is 7.03. The molecule has 2 bridgehead atoms. The van der Waals surface area contributed by atoms with Crippen molar-refractivity contribution < 1.29 is 0 Å². The van der Waals surface area contributed by atoms with Crippen LogP contribution in [0.3, 0.4) is 0 Å². The molecule has 0 amide bonds. The Labute approximate surface area is 128 Å². The summed E-state index contributed by atoms with van der Waals surface area (Å²) in [7, 11) is -1.47. The van der Waals surface area contributed by atoms with E-state index in [4.69, 9.17) is 0 Å². The van der Waals surface area contributed by atoms with E-state index in [1.165, 1.54) is 17.5 Å². The average Bonchev–Trinajstić information content (AvgIpc) is 2.90. The Balaban J connectivity index is 2.00. The fraction of sp³-hybridized carbons (Fsp3) is 0.300. The highest BCUT2D eigenvalue weighted by atomic mass is 28.3. The lowest BCUT2D eigenvalue weighted by Crippen LogP contribution is -2.39. The molecule has 0 saturated heterocycles. The quantitative estimate of drug-likeness (QED) is 0.702. The standard InChI is InChI=1S/C20H22Si/c1-5-14-6-8-15(9-7-14)18-17-11-10-16-12-13(2)20(19(16)18)21(17,3)4/h6-11H,5,12H2,1-4H3. The topological polar surface area (TPSA) is 0 Å². The van der Waals surface area contributed by atoms with Crippen LogP contribution in [0.1, 0.15) is 30.5 Å². The summed E-state index contributed by atoms with van der Waals surface area (Å²) in [5.74, 6) is 0. The molecule has 1 heteroatoms. The summed E-state index contributed by atoms with van der Waals surface area (Å²) >= 11 is 0. The Kier molecular flexibility index (Phi) is 2.62. The minimum absolute atomic E-state index is 1.12. The van der Waals surface area contributed by atoms with E-state index < -0.39 is 8.07 Å². The number of hydrogen-bond donors (Lipinski definition) is 0. The van der Waals surface area contributed by atoms with Crippen molar-refractivity contribution in [1.29, 1.82) is 0 Å². The zero-order valence-corrected chi connectivity index (χ0v) is 14.4. The Morgan fingerprint density at radius 2 is 1.67 bits per heavy atom. The van der Waals surface area contributed by atoms with E-state index in [1.54, 1.807) is 32.6 Å². The van der Waals surface area contributed by atoms with Crippen molar-refractivity contribution in [2.24, 2.45) is 0 Å². The number of aryl methyl sites for hydroxylation is 1. The molecule has 0 atom stereocenters. The first kappa shape index (κ1) is 13.1. The number of hydrogen-bond acceptors (Lipinski definition) is 0. The fourth-order valence-corrected chi connectivity index (χ4v) is 8.10. The normalized spacial score (nSPS) is 17.7. The van der Waals surface area contributed by atoms with E-state index in [9.17, 15) is 0 Å². The van der Waals surface area contributed by atoms with E-state index in [-0.39, 0.29) is 0 Å². The smallest absolute Gasteiger partial charge is 0.0686 e. The molecule has 106 valence electrons. The van der Waals surface area contributed by atoms with Crippen LogP contribution in [0.15, 0.2) is 42.0 Å². The van der Waals surface area contributed by atoms with Crippen LogP contribution in [0, 0.1) is 0 Å². The van der Waals surface area contributed by atoms with E-state index in [1.807, 2.05) is 0 Å². The van der Waals surface area contributed by atoms with E-state index in [0.29, 0.717) is 0 Å². The molecule has 2 aromatic carbocycles. The van der Waals surface area contributed by atoms with Gasteiger partial charge in [0.2, 0.25) is 0 Å². The molecule has 0 radical (unpaired) electrons. The molecule has 1 heterocycles. The predicted molar refractivity (Wildman–Crippen MR) is 94.7 cm³/mol. The molecular weight excluding hydrogens is 268 g/mol. The Bertz CT molecular complexity index is 776. The molecule has 0 spiro atoms. The van der Waals surface area contributed by atoms with Gasteiger partial charge in [-0.3, -0.25) is 0 Å². The first-order valence-corrected chi connectivity index (χ1v) is 11.0. The van der Waals surface area contributed by atoms with Gasteiger partial charge in [-0.1, -0.05) is 62.0 Å². The van der Waals surface area contributed by atoms with Gasteiger partial charge in [0.15, 0.2) is 0 Å². The molecule has 2 aromatic rings. The summed E-state index contributed by atoms with van der Waals surface area (Å²) in [6.07, 6.45) is 2.28. The van der Waals surface area contributed by atoms with Crippen LogP contribution < -0.4 is 5.19 Å². The summed E-state index contributed by atoms with van der Waals surface area (Å²) in [5.41, 5.74) is 9.18. The monoisotopic (exact) mass is 290 g/mol. The zero-order valence-electron chi connectivity index (χ0n) is 13.4. The van der Waals surface area contributed by atoms with Gasteiger partial charge in [-0.2, -0.15) is 0 Å². The summed E-state index contributed by atoms with van der Waals surface area (Å²) in [6.45, 7) is 9.61. The van der Waals surface area contributed by atoms with E-state index in [0.717, 1.165) is 6.42 Å². The summed E-state index contributed by atoms with van der Waals surface area (Å²) in [5, 5.41) is 3.37. The molecule has 4 rings (SSSR count). The maximum absolute atomic E-state index is 2.52. The minimum Gasteiger partial charge on any atom is -0.0686 e. The molecule has 21 heavy (non-hydrogen) atoms. The van der Waals surface area contributed by atoms with Crippen LogP contribution in [0.5, 0.6) is 0 Å². The molecule has 0 nitrogen and oxygen atoms in total. The maximum atomic E-state index is 2.52. The van der Waals surface area contributed by atoms with Gasteiger partial charge in [0, 0.05) is 0 Å². The fourth-order valence-electron chi connectivity index (χ4n) is 4.37. The Morgan fingerprint density at radius 1 is 0.952 bits per heavy atom. The van der Waals surface area contributed by atoms with Gasteiger partial charge >= 0.3 is 0 Å². The summed E-state index contributed by atoms with van der Waals surface area (Å²) in [6, 6.07) is 14.1. The van der Waals surface area contributed by atoms with Gasteiger partial charge in [0.1, 0.15) is 8.07 Å². The Hall–Kier alpha value is -1.60. The van der Waals surface area contributed by atoms with Crippen molar-refractivity contribution in [2.75, 3.05) is 0 Å². The first-order valence-electron chi connectivity index (χ1n) is 8.00. The third-order valence-corrected chi connectivity index (χ3v) is 9.06. The van der Waals surface area contributed by atoms with Gasteiger partial charge in [-0.05, 0) is 58.0 Å². The highest BCUT2D eigenvalue weighted by molar-refractivity contribution is 7.07. The van der Waals surface area contributed by atoms with Crippen molar-refractivity contribution in [3.05, 3.63) is 58.7 Å². The third-order valence-electron chi connectivity index (χ3n) is 5.37. The minimum atomic E-state index is -1.47. The van der Waals surface area contributed by atoms with Crippen molar-refractivity contribution in [1.82, 2.24) is 0 Å². The van der Waals surface area contributed by atoms with Crippen molar-refractivity contribution >= 4 is 18.5 Å². The second-order valence-corrected chi connectivity index (χ2v) is 11.3. The largest absolute Gasteiger partial charge is 0.113 e. The SMILES string of the molecule is CCc1ccc(-c2c3ccc4c2C(=C(C)C4)[Si]3(C)C)cc1. The summed E-state index contributed by atoms with van der Waals surface area (Å²) < 4.78 is 0. The number of allylic oxidation sites excluding steroid dienone is 1. The highest BCUT2D eigenvalue weighted by Crippen LogP contribution is 2.48. The molecule has 0 N–H and O–H groups in total. The first-order chi connectivity index (χ1) is 10.0. The van der Waals surface area contributed by atoms with Crippen molar-refractivity contribution in [3.8, 4) is 11.1 Å². The zero-order chi connectivity index (χ0) is 14.8. The van der Waals surface area contributed by atoms with Gasteiger partial charge in [-0.25, -0.2) is 0 Å². The maximum Gasteiger partial charge on any atom is 0.113 e. The average molecular weight is 290 g/mol. The molecule has 0 fully saturated rings. The van der Waals surface area contributed by atoms with Crippen LogP contribution in [0.2, 0.25) is 13.1 Å². The number of rotatable bonds is 2.